The normalized spacial score (nSPS) is 16.9. The maximum absolute atomic E-state index is 12.1. The molecule has 108 valence electrons. The summed E-state index contributed by atoms with van der Waals surface area (Å²) in [5, 5.41) is 13.7. The van der Waals surface area contributed by atoms with Crippen LogP contribution in [-0.2, 0) is 0 Å². The van der Waals surface area contributed by atoms with Gasteiger partial charge >= 0.3 is 0 Å². The average Bonchev–Trinajstić information content (AvgIpc) is 2.41. The van der Waals surface area contributed by atoms with Gasteiger partial charge in [-0.2, -0.15) is 0 Å². The molecule has 0 spiro atoms. The second-order valence-corrected chi connectivity index (χ2v) is 5.38. The summed E-state index contributed by atoms with van der Waals surface area (Å²) in [6, 6.07) is 4.21. The Bertz CT molecular complexity index is 528. The fourth-order valence-corrected chi connectivity index (χ4v) is 2.40. The van der Waals surface area contributed by atoms with Crippen molar-refractivity contribution in [2.24, 2.45) is 0 Å². The maximum Gasteiger partial charge on any atom is 0.288 e. The zero-order chi connectivity index (χ0) is 14.7. The number of carbonyl (C=O) groups excluding carboxylic acids is 1. The van der Waals surface area contributed by atoms with Gasteiger partial charge in [-0.3, -0.25) is 14.9 Å². The van der Waals surface area contributed by atoms with E-state index >= 15 is 0 Å². The first-order valence-electron chi connectivity index (χ1n) is 6.40. The molecule has 0 unspecified atom stereocenters. The highest BCUT2D eigenvalue weighted by molar-refractivity contribution is 6.32. The van der Waals surface area contributed by atoms with Gasteiger partial charge < -0.3 is 10.2 Å². The molecule has 1 amide bonds. The number of nitrogens with one attached hydrogen (secondary N) is 1. The van der Waals surface area contributed by atoms with Gasteiger partial charge in [-0.05, 0) is 45.1 Å². The molecule has 0 aliphatic carbocycles. The van der Waals surface area contributed by atoms with Crippen LogP contribution in [0.25, 0.3) is 0 Å². The number of nitro benzene ring substituents is 1. The molecule has 1 N–H and O–H groups in total. The zero-order valence-corrected chi connectivity index (χ0v) is 11.9. The number of amides is 1. The van der Waals surface area contributed by atoms with Crippen molar-refractivity contribution in [1.82, 2.24) is 10.2 Å². The van der Waals surface area contributed by atoms with Crippen molar-refractivity contribution in [2.75, 3.05) is 20.1 Å². The maximum atomic E-state index is 12.1. The first kappa shape index (κ1) is 14.7. The minimum Gasteiger partial charge on any atom is -0.349 e. The number of carbonyl (C=O) groups is 1. The lowest BCUT2D eigenvalue weighted by Crippen LogP contribution is -2.43. The van der Waals surface area contributed by atoms with Gasteiger partial charge in [-0.25, -0.2) is 0 Å². The van der Waals surface area contributed by atoms with E-state index in [9.17, 15) is 14.9 Å². The summed E-state index contributed by atoms with van der Waals surface area (Å²) in [6.45, 7) is 1.87. The third-order valence-corrected chi connectivity index (χ3v) is 3.78. The number of rotatable bonds is 3. The van der Waals surface area contributed by atoms with Crippen LogP contribution < -0.4 is 5.32 Å². The number of hydrogen-bond donors (Lipinski definition) is 1. The monoisotopic (exact) mass is 297 g/mol. The summed E-state index contributed by atoms with van der Waals surface area (Å²) < 4.78 is 0. The molecule has 1 aliphatic rings. The lowest BCUT2D eigenvalue weighted by molar-refractivity contribution is -0.384. The van der Waals surface area contributed by atoms with E-state index in [1.807, 2.05) is 7.05 Å². The fraction of sp³-hybridized carbons (Fsp3) is 0.462. The molecule has 1 aliphatic heterocycles. The zero-order valence-electron chi connectivity index (χ0n) is 11.1. The Labute approximate surface area is 121 Å². The molecule has 1 heterocycles. The average molecular weight is 298 g/mol. The number of nitro groups is 1. The van der Waals surface area contributed by atoms with E-state index < -0.39 is 4.92 Å². The van der Waals surface area contributed by atoms with E-state index in [-0.39, 0.29) is 28.2 Å². The van der Waals surface area contributed by atoms with Crippen molar-refractivity contribution in [3.05, 3.63) is 38.9 Å². The van der Waals surface area contributed by atoms with Gasteiger partial charge in [0.25, 0.3) is 11.6 Å². The summed E-state index contributed by atoms with van der Waals surface area (Å²) in [7, 11) is 2.04. The van der Waals surface area contributed by atoms with Crippen LogP contribution in [0.15, 0.2) is 18.2 Å². The molecule has 20 heavy (non-hydrogen) atoms. The minimum absolute atomic E-state index is 0.0332. The van der Waals surface area contributed by atoms with Gasteiger partial charge in [0, 0.05) is 17.7 Å². The quantitative estimate of drug-likeness (QED) is 0.684. The van der Waals surface area contributed by atoms with E-state index in [4.69, 9.17) is 11.6 Å². The first-order valence-corrected chi connectivity index (χ1v) is 6.78. The molecule has 1 aromatic carbocycles. The number of likely N-dealkylation sites (tertiary alicyclic amines) is 1. The molecule has 0 bridgehead atoms. The SMILES string of the molecule is CN1CCC(NC(=O)c2ccc(Cl)c([N+](=O)[O-])c2)CC1. The van der Waals surface area contributed by atoms with Gasteiger partial charge in [0.15, 0.2) is 0 Å². The molecule has 0 aromatic heterocycles. The Morgan fingerprint density at radius 1 is 1.45 bits per heavy atom. The smallest absolute Gasteiger partial charge is 0.288 e. The van der Waals surface area contributed by atoms with E-state index in [1.54, 1.807) is 0 Å². The van der Waals surface area contributed by atoms with Gasteiger partial charge in [-0.15, -0.1) is 0 Å². The van der Waals surface area contributed by atoms with Crippen molar-refractivity contribution in [3.63, 3.8) is 0 Å². The summed E-state index contributed by atoms with van der Waals surface area (Å²) in [5.41, 5.74) is 0.0164. The van der Waals surface area contributed by atoms with Gasteiger partial charge in [0.1, 0.15) is 5.02 Å². The van der Waals surface area contributed by atoms with Crippen LogP contribution >= 0.6 is 11.6 Å². The Balaban J connectivity index is 2.06. The lowest BCUT2D eigenvalue weighted by atomic mass is 10.0. The van der Waals surface area contributed by atoms with E-state index in [2.05, 4.69) is 10.2 Å². The Hall–Kier alpha value is -1.66. The van der Waals surface area contributed by atoms with Crippen LogP contribution in [0.3, 0.4) is 0 Å². The number of hydrogen-bond acceptors (Lipinski definition) is 4. The Morgan fingerprint density at radius 2 is 2.10 bits per heavy atom. The predicted octanol–water partition coefficient (Wildman–Crippen LogP) is 2.07. The highest BCUT2D eigenvalue weighted by Crippen LogP contribution is 2.25. The third-order valence-electron chi connectivity index (χ3n) is 3.46. The molecule has 1 fully saturated rings. The number of nitrogens with zero attached hydrogens (tertiary/aromatic N) is 2. The molecule has 2 rings (SSSR count). The predicted molar refractivity (Wildman–Crippen MR) is 76.1 cm³/mol. The standard InChI is InChI=1S/C13H16ClN3O3/c1-16-6-4-10(5-7-16)15-13(18)9-2-3-11(14)12(8-9)17(19)20/h2-3,8,10H,4-7H2,1H3,(H,15,18). The number of piperidine rings is 1. The molecule has 7 heteroatoms. The highest BCUT2D eigenvalue weighted by Gasteiger charge is 2.21. The van der Waals surface area contributed by atoms with Crippen LogP contribution in [0, 0.1) is 10.1 Å². The number of benzene rings is 1. The first-order chi connectivity index (χ1) is 9.47. The topological polar surface area (TPSA) is 75.5 Å². The van der Waals surface area contributed by atoms with Crippen LogP contribution in [0.5, 0.6) is 0 Å². The second kappa shape index (κ2) is 6.19. The lowest BCUT2D eigenvalue weighted by Gasteiger charge is -2.29. The molecule has 0 radical (unpaired) electrons. The Kier molecular flexibility index (Phi) is 4.57. The van der Waals surface area contributed by atoms with Crippen molar-refractivity contribution >= 4 is 23.2 Å². The van der Waals surface area contributed by atoms with Crippen LogP contribution in [0.4, 0.5) is 5.69 Å². The van der Waals surface area contributed by atoms with Crippen molar-refractivity contribution in [1.29, 1.82) is 0 Å². The number of halogens is 1. The van der Waals surface area contributed by atoms with E-state index in [0.717, 1.165) is 25.9 Å². The molecular formula is C13H16ClN3O3. The van der Waals surface area contributed by atoms with E-state index in [1.165, 1.54) is 18.2 Å². The molecule has 0 atom stereocenters. The van der Waals surface area contributed by atoms with Gasteiger partial charge in [0.2, 0.25) is 0 Å². The van der Waals surface area contributed by atoms with E-state index in [0.29, 0.717) is 0 Å². The fourth-order valence-electron chi connectivity index (χ4n) is 2.22. The summed E-state index contributed by atoms with van der Waals surface area (Å²) in [6.07, 6.45) is 1.77. The minimum atomic E-state index is -0.589. The van der Waals surface area contributed by atoms with Crippen molar-refractivity contribution in [2.45, 2.75) is 18.9 Å². The van der Waals surface area contributed by atoms with Gasteiger partial charge in [-0.1, -0.05) is 11.6 Å². The molecule has 0 saturated carbocycles. The van der Waals surface area contributed by atoms with Crippen molar-refractivity contribution in [3.8, 4) is 0 Å². The largest absolute Gasteiger partial charge is 0.349 e. The molecular weight excluding hydrogens is 282 g/mol. The van der Waals surface area contributed by atoms with Crippen LogP contribution in [-0.4, -0.2) is 41.9 Å². The van der Waals surface area contributed by atoms with Crippen LogP contribution in [0.2, 0.25) is 5.02 Å². The van der Waals surface area contributed by atoms with Crippen molar-refractivity contribution < 1.29 is 9.72 Å². The summed E-state index contributed by atoms with van der Waals surface area (Å²) in [4.78, 5) is 24.5. The third kappa shape index (κ3) is 3.46. The second-order valence-electron chi connectivity index (χ2n) is 4.97. The highest BCUT2D eigenvalue weighted by atomic mass is 35.5. The Morgan fingerprint density at radius 3 is 2.70 bits per heavy atom. The molecule has 1 aromatic rings. The van der Waals surface area contributed by atoms with Gasteiger partial charge in [0.05, 0.1) is 4.92 Å². The molecule has 1 saturated heterocycles. The van der Waals surface area contributed by atoms with Crippen LogP contribution in [0.1, 0.15) is 23.2 Å². The summed E-state index contributed by atoms with van der Waals surface area (Å²) in [5.74, 6) is -0.292. The molecule has 6 nitrogen and oxygen atoms in total. The summed E-state index contributed by atoms with van der Waals surface area (Å²) >= 11 is 5.72.